The Hall–Kier alpha value is -3.27. The van der Waals surface area contributed by atoms with E-state index < -0.39 is 28.5 Å². The number of carbonyl (C=O) groups excluding carboxylic acids is 2. The highest BCUT2D eigenvalue weighted by molar-refractivity contribution is 7.92. The summed E-state index contributed by atoms with van der Waals surface area (Å²) in [5.41, 5.74) is 1.06. The number of methoxy groups -OCH3 is 2. The molecule has 0 saturated heterocycles. The van der Waals surface area contributed by atoms with Crippen LogP contribution in [0.1, 0.15) is 19.4 Å². The molecular weight excluding hydrogens is 446 g/mol. The van der Waals surface area contributed by atoms with Gasteiger partial charge in [0, 0.05) is 19.2 Å². The molecule has 0 saturated carbocycles. The molecule has 0 aliphatic heterocycles. The summed E-state index contributed by atoms with van der Waals surface area (Å²) in [6, 6.07) is 12.7. The Balaban J connectivity index is 2.38. The van der Waals surface area contributed by atoms with Crippen LogP contribution in [0.25, 0.3) is 0 Å². The number of hydrogen-bond acceptors (Lipinski definition) is 6. The first kappa shape index (κ1) is 26.0. The minimum atomic E-state index is -3.80. The molecule has 0 bridgehead atoms. The van der Waals surface area contributed by atoms with Crippen LogP contribution in [0.2, 0.25) is 0 Å². The summed E-state index contributed by atoms with van der Waals surface area (Å²) < 4.78 is 36.4. The van der Waals surface area contributed by atoms with Gasteiger partial charge in [0.1, 0.15) is 24.1 Å². The van der Waals surface area contributed by atoms with Crippen LogP contribution in [-0.4, -0.2) is 64.7 Å². The molecule has 10 heteroatoms. The Labute approximate surface area is 195 Å². The normalized spacial score (nSPS) is 11.9. The molecule has 33 heavy (non-hydrogen) atoms. The standard InChI is InChI=1S/C23H31N3O6S/c1-6-24-23(28)17(2)25(15-18-10-12-20(31-3)13-11-18)22(27)16-26(33(5,29)30)19-8-7-9-21(14-19)32-4/h7-14,17H,6,15-16H2,1-5H3,(H,24,28)/t17-/m0/s1. The van der Waals surface area contributed by atoms with Gasteiger partial charge in [0.2, 0.25) is 21.8 Å². The molecule has 2 aromatic rings. The molecule has 2 aromatic carbocycles. The highest BCUT2D eigenvalue weighted by Gasteiger charge is 2.30. The summed E-state index contributed by atoms with van der Waals surface area (Å²) in [7, 11) is -0.769. The topological polar surface area (TPSA) is 105 Å². The maximum atomic E-state index is 13.4. The van der Waals surface area contributed by atoms with E-state index >= 15 is 0 Å². The molecule has 0 spiro atoms. The van der Waals surface area contributed by atoms with Gasteiger partial charge in [0.05, 0.1) is 26.2 Å². The van der Waals surface area contributed by atoms with Crippen LogP contribution in [0.15, 0.2) is 48.5 Å². The molecule has 1 atom stereocenters. The van der Waals surface area contributed by atoms with Crippen LogP contribution >= 0.6 is 0 Å². The summed E-state index contributed by atoms with van der Waals surface area (Å²) in [5, 5.41) is 2.71. The van der Waals surface area contributed by atoms with Crippen molar-refractivity contribution >= 4 is 27.5 Å². The fourth-order valence-electron chi connectivity index (χ4n) is 3.21. The number of nitrogens with one attached hydrogen (secondary N) is 1. The monoisotopic (exact) mass is 477 g/mol. The molecule has 1 N–H and O–H groups in total. The van der Waals surface area contributed by atoms with Crippen LogP contribution in [0.4, 0.5) is 5.69 Å². The zero-order valence-corrected chi connectivity index (χ0v) is 20.4. The quantitative estimate of drug-likeness (QED) is 0.531. The zero-order chi connectivity index (χ0) is 24.6. The van der Waals surface area contributed by atoms with Crippen LogP contribution in [-0.2, 0) is 26.2 Å². The van der Waals surface area contributed by atoms with E-state index in [1.165, 1.54) is 18.1 Å². The number of likely N-dealkylation sites (N-methyl/N-ethyl adjacent to an activating group) is 1. The Morgan fingerprint density at radius 1 is 1.03 bits per heavy atom. The average Bonchev–Trinajstić information content (AvgIpc) is 2.80. The van der Waals surface area contributed by atoms with Gasteiger partial charge in [-0.15, -0.1) is 0 Å². The molecule has 2 amide bonds. The predicted molar refractivity (Wildman–Crippen MR) is 127 cm³/mol. The fourth-order valence-corrected chi connectivity index (χ4v) is 4.05. The first-order valence-electron chi connectivity index (χ1n) is 10.4. The van der Waals surface area contributed by atoms with E-state index in [2.05, 4.69) is 5.32 Å². The fraction of sp³-hybridized carbons (Fsp3) is 0.391. The number of carbonyl (C=O) groups is 2. The van der Waals surface area contributed by atoms with Gasteiger partial charge in [-0.1, -0.05) is 18.2 Å². The highest BCUT2D eigenvalue weighted by atomic mass is 32.2. The van der Waals surface area contributed by atoms with E-state index in [0.29, 0.717) is 23.7 Å². The predicted octanol–water partition coefficient (Wildman–Crippen LogP) is 2.02. The minimum absolute atomic E-state index is 0.122. The number of sulfonamides is 1. The minimum Gasteiger partial charge on any atom is -0.497 e. The van der Waals surface area contributed by atoms with Crippen molar-refractivity contribution in [3.05, 3.63) is 54.1 Å². The molecule has 0 aliphatic rings. The Kier molecular flexibility index (Phi) is 9.10. The largest absolute Gasteiger partial charge is 0.497 e. The van der Waals surface area contributed by atoms with Crippen molar-refractivity contribution in [1.29, 1.82) is 0 Å². The zero-order valence-electron chi connectivity index (χ0n) is 19.6. The Bertz CT molecular complexity index is 1060. The van der Waals surface area contributed by atoms with E-state index in [-0.39, 0.29) is 12.5 Å². The first-order chi connectivity index (χ1) is 15.6. The Morgan fingerprint density at radius 2 is 1.67 bits per heavy atom. The summed E-state index contributed by atoms with van der Waals surface area (Å²) in [5.74, 6) is 0.276. The third-order valence-electron chi connectivity index (χ3n) is 5.05. The molecule has 180 valence electrons. The van der Waals surface area contributed by atoms with E-state index in [4.69, 9.17) is 9.47 Å². The van der Waals surface area contributed by atoms with E-state index in [0.717, 1.165) is 16.1 Å². The second-order valence-corrected chi connectivity index (χ2v) is 9.32. The number of nitrogens with zero attached hydrogens (tertiary/aromatic N) is 2. The third-order valence-corrected chi connectivity index (χ3v) is 6.19. The third kappa shape index (κ3) is 7.11. The van der Waals surface area contributed by atoms with Crippen molar-refractivity contribution in [2.24, 2.45) is 0 Å². The lowest BCUT2D eigenvalue weighted by molar-refractivity contribution is -0.139. The summed E-state index contributed by atoms with van der Waals surface area (Å²) in [4.78, 5) is 27.3. The Morgan fingerprint density at radius 3 is 2.21 bits per heavy atom. The van der Waals surface area contributed by atoms with Gasteiger partial charge in [-0.2, -0.15) is 0 Å². The van der Waals surface area contributed by atoms with Gasteiger partial charge >= 0.3 is 0 Å². The molecular formula is C23H31N3O6S. The van der Waals surface area contributed by atoms with Gasteiger partial charge in [-0.05, 0) is 43.7 Å². The molecule has 0 aromatic heterocycles. The number of anilines is 1. The lowest BCUT2D eigenvalue weighted by atomic mass is 10.1. The molecule has 0 heterocycles. The molecule has 2 rings (SSSR count). The molecule has 0 unspecified atom stereocenters. The van der Waals surface area contributed by atoms with E-state index in [9.17, 15) is 18.0 Å². The number of hydrogen-bond donors (Lipinski definition) is 1. The highest BCUT2D eigenvalue weighted by Crippen LogP contribution is 2.24. The van der Waals surface area contributed by atoms with Gasteiger partial charge in [0.15, 0.2) is 0 Å². The smallest absolute Gasteiger partial charge is 0.244 e. The van der Waals surface area contributed by atoms with Crippen LogP contribution in [0.5, 0.6) is 11.5 Å². The maximum Gasteiger partial charge on any atom is 0.244 e. The van der Waals surface area contributed by atoms with Crippen molar-refractivity contribution in [2.75, 3.05) is 37.9 Å². The average molecular weight is 478 g/mol. The number of rotatable bonds is 11. The maximum absolute atomic E-state index is 13.4. The van der Waals surface area contributed by atoms with Crippen molar-refractivity contribution in [3.63, 3.8) is 0 Å². The van der Waals surface area contributed by atoms with Crippen LogP contribution in [0, 0.1) is 0 Å². The molecule has 0 radical (unpaired) electrons. The second kappa shape index (κ2) is 11.6. The first-order valence-corrected chi connectivity index (χ1v) is 12.3. The van der Waals surface area contributed by atoms with E-state index in [1.54, 1.807) is 63.4 Å². The van der Waals surface area contributed by atoms with Crippen molar-refractivity contribution in [1.82, 2.24) is 10.2 Å². The molecule has 0 fully saturated rings. The lowest BCUT2D eigenvalue weighted by Crippen LogP contribution is -2.51. The van der Waals surface area contributed by atoms with Gasteiger partial charge < -0.3 is 19.7 Å². The van der Waals surface area contributed by atoms with Gasteiger partial charge in [-0.3, -0.25) is 13.9 Å². The molecule has 9 nitrogen and oxygen atoms in total. The van der Waals surface area contributed by atoms with Crippen molar-refractivity contribution < 1.29 is 27.5 Å². The van der Waals surface area contributed by atoms with E-state index in [1.807, 2.05) is 0 Å². The second-order valence-electron chi connectivity index (χ2n) is 7.41. The van der Waals surface area contributed by atoms with Gasteiger partial charge in [-0.25, -0.2) is 8.42 Å². The summed E-state index contributed by atoms with van der Waals surface area (Å²) in [6.45, 7) is 3.47. The number of amides is 2. The summed E-state index contributed by atoms with van der Waals surface area (Å²) >= 11 is 0. The van der Waals surface area contributed by atoms with Crippen molar-refractivity contribution in [2.45, 2.75) is 26.4 Å². The van der Waals surface area contributed by atoms with Gasteiger partial charge in [0.25, 0.3) is 0 Å². The lowest BCUT2D eigenvalue weighted by Gasteiger charge is -2.31. The SMILES string of the molecule is CCNC(=O)[C@H](C)N(Cc1ccc(OC)cc1)C(=O)CN(c1cccc(OC)c1)S(C)(=O)=O. The summed E-state index contributed by atoms with van der Waals surface area (Å²) in [6.07, 6.45) is 1.03. The molecule has 0 aliphatic carbocycles. The van der Waals surface area contributed by atoms with Crippen LogP contribution in [0.3, 0.4) is 0 Å². The van der Waals surface area contributed by atoms with Crippen LogP contribution < -0.4 is 19.1 Å². The van der Waals surface area contributed by atoms with Crippen molar-refractivity contribution in [3.8, 4) is 11.5 Å². The number of ether oxygens (including phenoxy) is 2. The number of benzene rings is 2.